The minimum Gasteiger partial charge on any atom is -0.313 e. The number of nitrogens with one attached hydrogen (secondary N) is 1. The zero-order valence-corrected chi connectivity index (χ0v) is 14.3. The van der Waals surface area contributed by atoms with Gasteiger partial charge in [-0.2, -0.15) is 0 Å². The SMILES string of the molecule is CCCNC1CC(C)CC(C)C1Sc1cccc(Cl)c1. The molecule has 1 aliphatic rings. The van der Waals surface area contributed by atoms with Crippen molar-refractivity contribution in [1.82, 2.24) is 5.32 Å². The summed E-state index contributed by atoms with van der Waals surface area (Å²) < 4.78 is 0. The van der Waals surface area contributed by atoms with Crippen molar-refractivity contribution < 1.29 is 0 Å². The van der Waals surface area contributed by atoms with E-state index in [9.17, 15) is 0 Å². The number of hydrogen-bond acceptors (Lipinski definition) is 2. The Morgan fingerprint density at radius 3 is 2.80 bits per heavy atom. The van der Waals surface area contributed by atoms with Crippen LogP contribution in [0.3, 0.4) is 0 Å². The van der Waals surface area contributed by atoms with Gasteiger partial charge in [0.05, 0.1) is 0 Å². The average molecular weight is 312 g/mol. The highest BCUT2D eigenvalue weighted by molar-refractivity contribution is 8.00. The molecule has 1 nitrogen and oxygen atoms in total. The fraction of sp³-hybridized carbons (Fsp3) is 0.647. The largest absolute Gasteiger partial charge is 0.313 e. The van der Waals surface area contributed by atoms with E-state index in [1.54, 1.807) is 0 Å². The van der Waals surface area contributed by atoms with Gasteiger partial charge in [-0.25, -0.2) is 0 Å². The Labute approximate surface area is 132 Å². The van der Waals surface area contributed by atoms with E-state index < -0.39 is 0 Å². The van der Waals surface area contributed by atoms with Crippen LogP contribution in [0.4, 0.5) is 0 Å². The fourth-order valence-electron chi connectivity index (χ4n) is 3.25. The van der Waals surface area contributed by atoms with Crippen molar-refractivity contribution in [2.75, 3.05) is 6.54 Å². The molecule has 20 heavy (non-hydrogen) atoms. The molecule has 0 aliphatic heterocycles. The molecule has 112 valence electrons. The normalized spacial score (nSPS) is 30.4. The molecule has 0 radical (unpaired) electrons. The summed E-state index contributed by atoms with van der Waals surface area (Å²) >= 11 is 8.11. The van der Waals surface area contributed by atoms with Gasteiger partial charge < -0.3 is 5.32 Å². The maximum Gasteiger partial charge on any atom is 0.0417 e. The summed E-state index contributed by atoms with van der Waals surface area (Å²) in [6.45, 7) is 8.15. The second kappa shape index (κ2) is 7.72. The van der Waals surface area contributed by atoms with E-state index in [2.05, 4.69) is 44.3 Å². The van der Waals surface area contributed by atoms with Crippen molar-refractivity contribution in [1.29, 1.82) is 0 Å². The fourth-order valence-corrected chi connectivity index (χ4v) is 4.89. The first-order chi connectivity index (χ1) is 9.60. The van der Waals surface area contributed by atoms with Crippen molar-refractivity contribution in [2.45, 2.75) is 56.2 Å². The van der Waals surface area contributed by atoms with E-state index in [1.807, 2.05) is 17.8 Å². The molecule has 2 rings (SSSR count). The topological polar surface area (TPSA) is 12.0 Å². The van der Waals surface area contributed by atoms with Crippen molar-refractivity contribution in [3.63, 3.8) is 0 Å². The molecule has 1 N–H and O–H groups in total. The van der Waals surface area contributed by atoms with E-state index >= 15 is 0 Å². The Hall–Kier alpha value is -0.180. The lowest BCUT2D eigenvalue weighted by Crippen LogP contribution is -2.46. The first kappa shape index (κ1) is 16.2. The van der Waals surface area contributed by atoms with E-state index in [0.717, 1.165) is 23.4 Å². The predicted octanol–water partition coefficient (Wildman–Crippen LogP) is 5.23. The molecule has 1 aromatic rings. The number of thioether (sulfide) groups is 1. The first-order valence-corrected chi connectivity index (χ1v) is 9.01. The standard InChI is InChI=1S/C17H26ClNS/c1-4-8-19-16-10-12(2)9-13(3)17(16)20-15-7-5-6-14(18)11-15/h5-7,11-13,16-17,19H,4,8-10H2,1-3H3. The third-order valence-corrected chi connectivity index (χ3v) is 5.94. The van der Waals surface area contributed by atoms with Crippen LogP contribution in [0.1, 0.15) is 40.0 Å². The van der Waals surface area contributed by atoms with Gasteiger partial charge in [0.1, 0.15) is 0 Å². The Kier molecular flexibility index (Phi) is 6.25. The molecular weight excluding hydrogens is 286 g/mol. The highest BCUT2D eigenvalue weighted by Gasteiger charge is 2.34. The predicted molar refractivity (Wildman–Crippen MR) is 90.7 cm³/mol. The van der Waals surface area contributed by atoms with E-state index in [4.69, 9.17) is 11.6 Å². The molecule has 4 atom stereocenters. The Morgan fingerprint density at radius 2 is 2.10 bits per heavy atom. The molecule has 0 amide bonds. The van der Waals surface area contributed by atoms with Crippen LogP contribution < -0.4 is 5.32 Å². The van der Waals surface area contributed by atoms with Crippen LogP contribution in [-0.2, 0) is 0 Å². The molecule has 3 heteroatoms. The Morgan fingerprint density at radius 1 is 1.30 bits per heavy atom. The van der Waals surface area contributed by atoms with Gasteiger partial charge >= 0.3 is 0 Å². The summed E-state index contributed by atoms with van der Waals surface area (Å²) in [5.74, 6) is 1.58. The number of halogens is 1. The van der Waals surface area contributed by atoms with Gasteiger partial charge in [0.15, 0.2) is 0 Å². The molecule has 1 aromatic carbocycles. The Balaban J connectivity index is 2.08. The van der Waals surface area contributed by atoms with Crippen LogP contribution in [-0.4, -0.2) is 17.8 Å². The maximum absolute atomic E-state index is 6.11. The lowest BCUT2D eigenvalue weighted by atomic mass is 9.80. The van der Waals surface area contributed by atoms with Crippen LogP contribution in [0.15, 0.2) is 29.2 Å². The van der Waals surface area contributed by atoms with E-state index in [-0.39, 0.29) is 0 Å². The minimum atomic E-state index is 0.623. The van der Waals surface area contributed by atoms with Gasteiger partial charge in [0.25, 0.3) is 0 Å². The molecule has 1 fully saturated rings. The molecule has 0 saturated heterocycles. The molecule has 0 aromatic heterocycles. The zero-order valence-electron chi connectivity index (χ0n) is 12.7. The van der Waals surface area contributed by atoms with Gasteiger partial charge in [0, 0.05) is 21.2 Å². The van der Waals surface area contributed by atoms with Crippen molar-refractivity contribution in [2.24, 2.45) is 11.8 Å². The molecule has 4 unspecified atom stereocenters. The summed E-state index contributed by atoms with van der Waals surface area (Å²) in [5, 5.41) is 5.25. The highest BCUT2D eigenvalue weighted by Crippen LogP contribution is 2.40. The van der Waals surface area contributed by atoms with Crippen LogP contribution >= 0.6 is 23.4 Å². The van der Waals surface area contributed by atoms with E-state index in [1.165, 1.54) is 24.2 Å². The molecule has 0 spiro atoms. The van der Waals surface area contributed by atoms with Crippen LogP contribution in [0.25, 0.3) is 0 Å². The summed E-state index contributed by atoms with van der Waals surface area (Å²) in [5.41, 5.74) is 0. The quantitative estimate of drug-likeness (QED) is 0.798. The summed E-state index contributed by atoms with van der Waals surface area (Å²) in [6.07, 6.45) is 3.83. The molecular formula is C17H26ClNS. The van der Waals surface area contributed by atoms with Gasteiger partial charge in [-0.3, -0.25) is 0 Å². The van der Waals surface area contributed by atoms with Gasteiger partial charge in [-0.1, -0.05) is 38.4 Å². The second-order valence-corrected chi connectivity index (χ2v) is 7.84. The summed E-state index contributed by atoms with van der Waals surface area (Å²) in [6, 6.07) is 8.89. The van der Waals surface area contributed by atoms with E-state index in [0.29, 0.717) is 11.3 Å². The maximum atomic E-state index is 6.11. The van der Waals surface area contributed by atoms with Crippen LogP contribution in [0, 0.1) is 11.8 Å². The number of rotatable bonds is 5. The zero-order chi connectivity index (χ0) is 14.5. The number of hydrogen-bond donors (Lipinski definition) is 1. The lowest BCUT2D eigenvalue weighted by molar-refractivity contribution is 0.249. The number of benzene rings is 1. The second-order valence-electron chi connectivity index (χ2n) is 6.15. The molecule has 0 bridgehead atoms. The van der Waals surface area contributed by atoms with Gasteiger partial charge in [0.2, 0.25) is 0 Å². The first-order valence-electron chi connectivity index (χ1n) is 7.75. The van der Waals surface area contributed by atoms with Crippen LogP contribution in [0.5, 0.6) is 0 Å². The van der Waals surface area contributed by atoms with Crippen molar-refractivity contribution in [3.8, 4) is 0 Å². The molecule has 1 aliphatic carbocycles. The van der Waals surface area contributed by atoms with Gasteiger partial charge in [-0.15, -0.1) is 11.8 Å². The average Bonchev–Trinajstić information content (AvgIpc) is 2.40. The Bertz CT molecular complexity index is 423. The van der Waals surface area contributed by atoms with Gasteiger partial charge in [-0.05, 0) is 55.8 Å². The smallest absolute Gasteiger partial charge is 0.0417 e. The monoisotopic (exact) mass is 311 g/mol. The van der Waals surface area contributed by atoms with Crippen molar-refractivity contribution in [3.05, 3.63) is 29.3 Å². The minimum absolute atomic E-state index is 0.623. The van der Waals surface area contributed by atoms with Crippen molar-refractivity contribution >= 4 is 23.4 Å². The molecule has 1 saturated carbocycles. The highest BCUT2D eigenvalue weighted by atomic mass is 35.5. The lowest BCUT2D eigenvalue weighted by Gasteiger charge is -2.40. The third kappa shape index (κ3) is 4.41. The summed E-state index contributed by atoms with van der Waals surface area (Å²) in [4.78, 5) is 1.30. The summed E-state index contributed by atoms with van der Waals surface area (Å²) in [7, 11) is 0. The third-order valence-electron chi connectivity index (χ3n) is 4.11. The van der Waals surface area contributed by atoms with Crippen LogP contribution in [0.2, 0.25) is 5.02 Å². The molecule has 0 heterocycles.